The number of thiophene rings is 1. The van der Waals surface area contributed by atoms with Crippen LogP contribution in [0.4, 0.5) is 16.4 Å². The lowest BCUT2D eigenvalue weighted by Crippen LogP contribution is -2.16. The second-order valence-corrected chi connectivity index (χ2v) is 7.57. The number of hydrogen-bond acceptors (Lipinski definition) is 8. The Kier molecular flexibility index (Phi) is 6.81. The van der Waals surface area contributed by atoms with E-state index in [1.807, 2.05) is 0 Å². The van der Waals surface area contributed by atoms with Gasteiger partial charge in [0.05, 0.1) is 22.5 Å². The Labute approximate surface area is 189 Å². The van der Waals surface area contributed by atoms with Gasteiger partial charge in [-0.3, -0.25) is 25.0 Å². The van der Waals surface area contributed by atoms with Crippen molar-refractivity contribution in [2.75, 3.05) is 11.9 Å². The SMILES string of the molecule is CCOC(=O)c1c(-c2ccc(Cl)cc2)csc1NC(=O)c1ccc([N+](=O)[O-])cc1[N+](=O)[O-]. The van der Waals surface area contributed by atoms with E-state index < -0.39 is 38.7 Å². The summed E-state index contributed by atoms with van der Waals surface area (Å²) in [6.07, 6.45) is 0. The summed E-state index contributed by atoms with van der Waals surface area (Å²) >= 11 is 6.95. The number of non-ortho nitro benzene ring substituents is 1. The van der Waals surface area contributed by atoms with Crippen LogP contribution in [0.2, 0.25) is 5.02 Å². The van der Waals surface area contributed by atoms with Gasteiger partial charge in [-0.15, -0.1) is 11.3 Å². The smallest absolute Gasteiger partial charge is 0.341 e. The molecule has 2 aromatic carbocycles. The number of carbonyl (C=O) groups is 2. The molecule has 0 bridgehead atoms. The van der Waals surface area contributed by atoms with Crippen LogP contribution in [0.5, 0.6) is 0 Å². The van der Waals surface area contributed by atoms with Crippen LogP contribution in [0.3, 0.4) is 0 Å². The number of benzene rings is 2. The molecule has 0 spiro atoms. The van der Waals surface area contributed by atoms with Crippen LogP contribution in [-0.4, -0.2) is 28.3 Å². The molecule has 10 nitrogen and oxygen atoms in total. The van der Waals surface area contributed by atoms with Crippen LogP contribution in [0, 0.1) is 20.2 Å². The van der Waals surface area contributed by atoms with Crippen molar-refractivity contribution in [2.45, 2.75) is 6.92 Å². The third-order valence-electron chi connectivity index (χ3n) is 4.29. The van der Waals surface area contributed by atoms with Gasteiger partial charge in [-0.2, -0.15) is 0 Å². The molecular formula is C20H14ClN3O7S. The number of nitrogens with one attached hydrogen (secondary N) is 1. The predicted octanol–water partition coefficient (Wildman–Crippen LogP) is 5.31. The molecule has 164 valence electrons. The average Bonchev–Trinajstić information content (AvgIpc) is 3.17. The monoisotopic (exact) mass is 475 g/mol. The lowest BCUT2D eigenvalue weighted by molar-refractivity contribution is -0.394. The van der Waals surface area contributed by atoms with Gasteiger partial charge in [0.1, 0.15) is 16.1 Å². The number of anilines is 1. The van der Waals surface area contributed by atoms with Crippen LogP contribution in [0.25, 0.3) is 11.1 Å². The predicted molar refractivity (Wildman–Crippen MR) is 118 cm³/mol. The third kappa shape index (κ3) is 4.74. The number of amides is 1. The highest BCUT2D eigenvalue weighted by Crippen LogP contribution is 2.37. The van der Waals surface area contributed by atoms with E-state index in [9.17, 15) is 29.8 Å². The summed E-state index contributed by atoms with van der Waals surface area (Å²) < 4.78 is 5.11. The first-order valence-corrected chi connectivity index (χ1v) is 10.3. The highest BCUT2D eigenvalue weighted by atomic mass is 35.5. The molecule has 0 unspecified atom stereocenters. The van der Waals surface area contributed by atoms with Crippen LogP contribution in [0.1, 0.15) is 27.6 Å². The van der Waals surface area contributed by atoms with E-state index in [-0.39, 0.29) is 17.2 Å². The zero-order valence-corrected chi connectivity index (χ0v) is 17.9. The van der Waals surface area contributed by atoms with Gasteiger partial charge in [-0.05, 0) is 30.7 Å². The van der Waals surface area contributed by atoms with Crippen molar-refractivity contribution >= 4 is 51.2 Å². The van der Waals surface area contributed by atoms with Gasteiger partial charge < -0.3 is 10.1 Å². The molecule has 3 aromatic rings. The van der Waals surface area contributed by atoms with Gasteiger partial charge in [0.15, 0.2) is 0 Å². The molecule has 1 amide bonds. The van der Waals surface area contributed by atoms with Crippen LogP contribution >= 0.6 is 22.9 Å². The van der Waals surface area contributed by atoms with E-state index in [4.69, 9.17) is 16.3 Å². The van der Waals surface area contributed by atoms with E-state index in [0.29, 0.717) is 22.2 Å². The van der Waals surface area contributed by atoms with Crippen LogP contribution in [0.15, 0.2) is 47.8 Å². The zero-order valence-electron chi connectivity index (χ0n) is 16.4. The number of halogens is 1. The van der Waals surface area contributed by atoms with E-state index in [1.165, 1.54) is 0 Å². The maximum Gasteiger partial charge on any atom is 0.341 e. The van der Waals surface area contributed by atoms with Crippen molar-refractivity contribution in [1.82, 2.24) is 0 Å². The molecule has 0 radical (unpaired) electrons. The second kappa shape index (κ2) is 9.54. The second-order valence-electron chi connectivity index (χ2n) is 6.25. The molecule has 0 aliphatic carbocycles. The maximum atomic E-state index is 12.8. The molecule has 0 aliphatic heterocycles. The molecule has 1 aromatic heterocycles. The summed E-state index contributed by atoms with van der Waals surface area (Å²) in [5.41, 5.74) is -0.437. The van der Waals surface area contributed by atoms with Gasteiger partial charge in [0, 0.05) is 22.0 Å². The first-order valence-electron chi connectivity index (χ1n) is 9.01. The van der Waals surface area contributed by atoms with Gasteiger partial charge in [0.25, 0.3) is 17.3 Å². The molecule has 32 heavy (non-hydrogen) atoms. The number of ether oxygens (including phenoxy) is 1. The number of carbonyl (C=O) groups excluding carboxylic acids is 2. The largest absolute Gasteiger partial charge is 0.462 e. The standard InChI is InChI=1S/C20H14ClN3O7S/c1-2-31-20(26)17-15(11-3-5-12(21)6-4-11)10-32-19(17)22-18(25)14-8-7-13(23(27)28)9-16(14)24(29)30/h3-10H,2H2,1H3,(H,22,25). The highest BCUT2D eigenvalue weighted by Gasteiger charge is 2.27. The fourth-order valence-electron chi connectivity index (χ4n) is 2.84. The molecule has 0 fully saturated rings. The van der Waals surface area contributed by atoms with E-state index in [0.717, 1.165) is 23.5 Å². The number of hydrogen-bond donors (Lipinski definition) is 1. The third-order valence-corrected chi connectivity index (χ3v) is 5.43. The molecule has 0 saturated carbocycles. The summed E-state index contributed by atoms with van der Waals surface area (Å²) in [5, 5.41) is 27.0. The summed E-state index contributed by atoms with van der Waals surface area (Å²) in [7, 11) is 0. The molecule has 0 saturated heterocycles. The molecule has 12 heteroatoms. The van der Waals surface area contributed by atoms with Gasteiger partial charge >= 0.3 is 5.97 Å². The fraction of sp³-hybridized carbons (Fsp3) is 0.100. The van der Waals surface area contributed by atoms with E-state index >= 15 is 0 Å². The Morgan fingerprint density at radius 3 is 2.38 bits per heavy atom. The summed E-state index contributed by atoms with van der Waals surface area (Å²) in [6.45, 7) is 1.72. The zero-order chi connectivity index (χ0) is 23.4. The molecule has 0 aliphatic rings. The fourth-order valence-corrected chi connectivity index (χ4v) is 3.92. The summed E-state index contributed by atoms with van der Waals surface area (Å²) in [5.74, 6) is -1.59. The Hall–Kier alpha value is -3.83. The van der Waals surface area contributed by atoms with Crippen LogP contribution < -0.4 is 5.32 Å². The van der Waals surface area contributed by atoms with Crippen molar-refractivity contribution in [3.63, 3.8) is 0 Å². The molecule has 1 N–H and O–H groups in total. The number of nitro benzene ring substituents is 2. The lowest BCUT2D eigenvalue weighted by Gasteiger charge is -2.09. The first kappa shape index (κ1) is 22.8. The number of rotatable bonds is 7. The quantitative estimate of drug-likeness (QED) is 0.277. The van der Waals surface area contributed by atoms with E-state index in [2.05, 4.69) is 5.32 Å². The number of nitro groups is 2. The van der Waals surface area contributed by atoms with Gasteiger partial charge in [0.2, 0.25) is 0 Å². The minimum atomic E-state index is -0.901. The minimum absolute atomic E-state index is 0.0806. The van der Waals surface area contributed by atoms with E-state index in [1.54, 1.807) is 36.6 Å². The summed E-state index contributed by atoms with van der Waals surface area (Å²) in [6, 6.07) is 9.35. The number of nitrogens with zero attached hydrogens (tertiary/aromatic N) is 2. The first-order chi connectivity index (χ1) is 15.2. The van der Waals surface area contributed by atoms with Crippen molar-refractivity contribution in [1.29, 1.82) is 0 Å². The maximum absolute atomic E-state index is 12.8. The topological polar surface area (TPSA) is 142 Å². The summed E-state index contributed by atoms with van der Waals surface area (Å²) in [4.78, 5) is 46.0. The molecule has 0 atom stereocenters. The molecule has 3 rings (SSSR count). The van der Waals surface area contributed by atoms with Crippen LogP contribution in [-0.2, 0) is 4.74 Å². The Morgan fingerprint density at radius 1 is 1.09 bits per heavy atom. The van der Waals surface area contributed by atoms with Gasteiger partial charge in [-0.25, -0.2) is 4.79 Å². The Balaban J connectivity index is 2.03. The highest BCUT2D eigenvalue weighted by molar-refractivity contribution is 7.15. The average molecular weight is 476 g/mol. The van der Waals surface area contributed by atoms with Crippen molar-refractivity contribution in [2.24, 2.45) is 0 Å². The Bertz CT molecular complexity index is 1220. The van der Waals surface area contributed by atoms with Crippen molar-refractivity contribution in [3.05, 3.63) is 84.2 Å². The van der Waals surface area contributed by atoms with Crippen molar-refractivity contribution < 1.29 is 24.2 Å². The minimum Gasteiger partial charge on any atom is -0.462 e. The van der Waals surface area contributed by atoms with Gasteiger partial charge in [-0.1, -0.05) is 23.7 Å². The lowest BCUT2D eigenvalue weighted by atomic mass is 10.0. The normalized spacial score (nSPS) is 10.4. The Morgan fingerprint density at radius 2 is 1.78 bits per heavy atom. The molecular weight excluding hydrogens is 462 g/mol. The number of esters is 1. The molecule has 1 heterocycles. The van der Waals surface area contributed by atoms with Crippen molar-refractivity contribution in [3.8, 4) is 11.1 Å².